The second-order valence-corrected chi connectivity index (χ2v) is 4.36. The van der Waals surface area contributed by atoms with Crippen molar-refractivity contribution in [3.8, 4) is 0 Å². The second kappa shape index (κ2) is 5.10. The summed E-state index contributed by atoms with van der Waals surface area (Å²) in [6.07, 6.45) is 0.104. The van der Waals surface area contributed by atoms with Gasteiger partial charge in [0.15, 0.2) is 0 Å². The summed E-state index contributed by atoms with van der Waals surface area (Å²) >= 11 is 0. The molecule has 0 aromatic rings. The van der Waals surface area contributed by atoms with E-state index < -0.39 is 5.60 Å². The number of carbonyl (C=O) groups excluding carboxylic acids is 2. The molecule has 4 nitrogen and oxygen atoms in total. The molecule has 0 rings (SSSR count). The van der Waals surface area contributed by atoms with Crippen LogP contribution in [0.4, 0.5) is 0 Å². The van der Waals surface area contributed by atoms with Gasteiger partial charge in [-0.1, -0.05) is 6.92 Å². The Morgan fingerprint density at radius 1 is 1.36 bits per heavy atom. The molecule has 0 aromatic heterocycles. The molecule has 0 spiro atoms. The fraction of sp³-hybridized carbons (Fsp3) is 0.800. The Kier molecular flexibility index (Phi) is 4.77. The molecule has 0 aliphatic heterocycles. The minimum absolute atomic E-state index is 0.0238. The molecule has 0 fully saturated rings. The maximum Gasteiger partial charge on any atom is 0.307 e. The summed E-state index contributed by atoms with van der Waals surface area (Å²) in [5, 5.41) is 0. The van der Waals surface area contributed by atoms with Crippen LogP contribution in [0.5, 0.6) is 0 Å². The number of esters is 1. The van der Waals surface area contributed by atoms with E-state index in [1.165, 1.54) is 0 Å². The van der Waals surface area contributed by atoms with Gasteiger partial charge in [-0.25, -0.2) is 0 Å². The third-order valence-electron chi connectivity index (χ3n) is 1.64. The van der Waals surface area contributed by atoms with Gasteiger partial charge in [-0.15, -0.1) is 0 Å². The Balaban J connectivity index is 4.01. The second-order valence-electron chi connectivity index (χ2n) is 4.36. The van der Waals surface area contributed by atoms with Crippen LogP contribution in [-0.4, -0.2) is 23.9 Å². The van der Waals surface area contributed by atoms with E-state index in [1.54, 1.807) is 27.7 Å². The lowest BCUT2D eigenvalue weighted by atomic mass is 10.0. The molecule has 0 amide bonds. The van der Waals surface area contributed by atoms with Crippen molar-refractivity contribution in [2.24, 2.45) is 11.7 Å². The van der Waals surface area contributed by atoms with E-state index in [0.29, 0.717) is 0 Å². The molecule has 14 heavy (non-hydrogen) atoms. The van der Waals surface area contributed by atoms with E-state index in [4.69, 9.17) is 10.5 Å². The molecule has 0 saturated carbocycles. The normalized spacial score (nSPS) is 13.5. The number of nitrogens with two attached hydrogens (primary N) is 1. The van der Waals surface area contributed by atoms with Crippen LogP contribution in [0.15, 0.2) is 0 Å². The third-order valence-corrected chi connectivity index (χ3v) is 1.64. The van der Waals surface area contributed by atoms with Crippen molar-refractivity contribution in [1.82, 2.24) is 0 Å². The zero-order valence-electron chi connectivity index (χ0n) is 9.29. The van der Waals surface area contributed by atoms with Crippen LogP contribution < -0.4 is 5.73 Å². The topological polar surface area (TPSA) is 69.4 Å². The van der Waals surface area contributed by atoms with E-state index in [0.717, 1.165) is 0 Å². The molecule has 1 atom stereocenters. The summed E-state index contributed by atoms with van der Waals surface area (Å²) < 4.78 is 5.07. The van der Waals surface area contributed by atoms with Gasteiger partial charge in [-0.2, -0.15) is 0 Å². The van der Waals surface area contributed by atoms with Gasteiger partial charge in [0.25, 0.3) is 0 Å². The molecule has 0 bridgehead atoms. The fourth-order valence-electron chi connectivity index (χ4n) is 0.948. The molecule has 2 N–H and O–H groups in total. The van der Waals surface area contributed by atoms with E-state index in [1.807, 2.05) is 0 Å². The van der Waals surface area contributed by atoms with Crippen LogP contribution in [0.2, 0.25) is 0 Å². The number of Topliss-reactive ketones (excluding diaryl/α,β-unsaturated/α-hetero) is 1. The molecule has 0 aliphatic rings. The molecular weight excluding hydrogens is 182 g/mol. The molecule has 0 radical (unpaired) electrons. The number of ether oxygens (including phenoxy) is 1. The highest BCUT2D eigenvalue weighted by atomic mass is 16.6. The van der Waals surface area contributed by atoms with Crippen LogP contribution in [0, 0.1) is 5.92 Å². The summed E-state index contributed by atoms with van der Waals surface area (Å²) in [6.45, 7) is 7.03. The maximum atomic E-state index is 11.3. The van der Waals surface area contributed by atoms with Gasteiger partial charge >= 0.3 is 5.97 Å². The smallest absolute Gasteiger partial charge is 0.307 e. The van der Waals surface area contributed by atoms with Crippen LogP contribution in [0.25, 0.3) is 0 Å². The molecule has 0 aromatic carbocycles. The number of carbonyl (C=O) groups is 2. The summed E-state index contributed by atoms with van der Waals surface area (Å²) in [5.74, 6) is -0.822. The van der Waals surface area contributed by atoms with Crippen molar-refractivity contribution in [3.63, 3.8) is 0 Å². The average molecular weight is 201 g/mol. The standard InChI is InChI=1S/C10H19NO3/c1-7(8(12)6-11)5-9(13)14-10(2,3)4/h7H,5-6,11H2,1-4H3. The highest BCUT2D eigenvalue weighted by molar-refractivity contribution is 5.86. The number of hydrogen-bond donors (Lipinski definition) is 1. The largest absolute Gasteiger partial charge is 0.460 e. The predicted molar refractivity (Wildman–Crippen MR) is 53.7 cm³/mol. The lowest BCUT2D eigenvalue weighted by molar-refractivity contribution is -0.156. The van der Waals surface area contributed by atoms with Crippen molar-refractivity contribution in [2.75, 3.05) is 6.54 Å². The lowest BCUT2D eigenvalue weighted by Crippen LogP contribution is -2.28. The minimum atomic E-state index is -0.497. The van der Waals surface area contributed by atoms with Crippen LogP contribution in [0.3, 0.4) is 0 Å². The van der Waals surface area contributed by atoms with Crippen molar-refractivity contribution in [1.29, 1.82) is 0 Å². The van der Waals surface area contributed by atoms with Crippen molar-refractivity contribution < 1.29 is 14.3 Å². The Labute approximate surface area is 84.8 Å². The number of ketones is 1. The van der Waals surface area contributed by atoms with Gasteiger partial charge < -0.3 is 10.5 Å². The Bertz CT molecular complexity index is 218. The Morgan fingerprint density at radius 3 is 2.21 bits per heavy atom. The molecular formula is C10H19NO3. The highest BCUT2D eigenvalue weighted by Crippen LogP contribution is 2.11. The third kappa shape index (κ3) is 5.70. The minimum Gasteiger partial charge on any atom is -0.460 e. The Morgan fingerprint density at radius 2 is 1.86 bits per heavy atom. The van der Waals surface area contributed by atoms with Gasteiger partial charge in [0.05, 0.1) is 13.0 Å². The lowest BCUT2D eigenvalue weighted by Gasteiger charge is -2.20. The van der Waals surface area contributed by atoms with Gasteiger partial charge in [0.1, 0.15) is 11.4 Å². The van der Waals surface area contributed by atoms with E-state index in [2.05, 4.69) is 0 Å². The summed E-state index contributed by atoms with van der Waals surface area (Å²) in [7, 11) is 0. The Hall–Kier alpha value is -0.900. The van der Waals surface area contributed by atoms with E-state index in [9.17, 15) is 9.59 Å². The van der Waals surface area contributed by atoms with Crippen LogP contribution in [0.1, 0.15) is 34.1 Å². The number of hydrogen-bond acceptors (Lipinski definition) is 4. The molecule has 1 unspecified atom stereocenters. The first-order valence-corrected chi connectivity index (χ1v) is 4.71. The summed E-state index contributed by atoms with van der Waals surface area (Å²) in [4.78, 5) is 22.4. The highest BCUT2D eigenvalue weighted by Gasteiger charge is 2.21. The quantitative estimate of drug-likeness (QED) is 0.685. The predicted octanol–water partition coefficient (Wildman–Crippen LogP) is 0.882. The van der Waals surface area contributed by atoms with Crippen molar-refractivity contribution >= 4 is 11.8 Å². The zero-order valence-corrected chi connectivity index (χ0v) is 9.29. The monoisotopic (exact) mass is 201 g/mol. The maximum absolute atomic E-state index is 11.3. The molecule has 82 valence electrons. The molecule has 0 aliphatic carbocycles. The van der Waals surface area contributed by atoms with Gasteiger partial charge in [0.2, 0.25) is 0 Å². The SMILES string of the molecule is CC(CC(=O)OC(C)(C)C)C(=O)CN. The fourth-order valence-corrected chi connectivity index (χ4v) is 0.948. The first kappa shape index (κ1) is 13.1. The number of rotatable bonds is 4. The van der Waals surface area contributed by atoms with Crippen LogP contribution >= 0.6 is 0 Å². The van der Waals surface area contributed by atoms with Crippen molar-refractivity contribution in [3.05, 3.63) is 0 Å². The van der Waals surface area contributed by atoms with Gasteiger partial charge in [0, 0.05) is 5.92 Å². The van der Waals surface area contributed by atoms with Crippen molar-refractivity contribution in [2.45, 2.75) is 39.7 Å². The van der Waals surface area contributed by atoms with Gasteiger partial charge in [-0.05, 0) is 20.8 Å². The summed E-state index contributed by atoms with van der Waals surface area (Å²) in [6, 6.07) is 0. The first-order chi connectivity index (χ1) is 6.26. The molecule has 0 heterocycles. The molecule has 0 saturated heterocycles. The zero-order chi connectivity index (χ0) is 11.4. The summed E-state index contributed by atoms with van der Waals surface area (Å²) in [5.41, 5.74) is 4.68. The van der Waals surface area contributed by atoms with Crippen LogP contribution in [-0.2, 0) is 14.3 Å². The van der Waals surface area contributed by atoms with Gasteiger partial charge in [-0.3, -0.25) is 9.59 Å². The van der Waals surface area contributed by atoms with E-state index >= 15 is 0 Å². The average Bonchev–Trinajstić information content (AvgIpc) is 1.99. The first-order valence-electron chi connectivity index (χ1n) is 4.71. The van der Waals surface area contributed by atoms with E-state index in [-0.39, 0.29) is 30.6 Å². The molecule has 4 heteroatoms.